The summed E-state index contributed by atoms with van der Waals surface area (Å²) in [6.07, 6.45) is 8.32. The maximum Gasteiger partial charge on any atom is 0.255 e. The molecular weight excluding hydrogens is 410 g/mol. The predicted octanol–water partition coefficient (Wildman–Crippen LogP) is 0.935. The van der Waals surface area contributed by atoms with Crippen molar-refractivity contribution in [1.29, 1.82) is 5.26 Å². The summed E-state index contributed by atoms with van der Waals surface area (Å²) in [6.45, 7) is 1.09. The van der Waals surface area contributed by atoms with Gasteiger partial charge in [-0.05, 0) is 31.7 Å². The molecule has 1 saturated heterocycles. The molecule has 0 bridgehead atoms. The van der Waals surface area contributed by atoms with Crippen molar-refractivity contribution in [2.75, 3.05) is 18.5 Å². The summed E-state index contributed by atoms with van der Waals surface area (Å²) in [5.41, 5.74) is 8.15. The van der Waals surface area contributed by atoms with Crippen LogP contribution in [-0.4, -0.2) is 57.4 Å². The van der Waals surface area contributed by atoms with Crippen LogP contribution in [0.2, 0.25) is 0 Å². The average molecular weight is 435 g/mol. The number of nitrogens with two attached hydrogens (primary N) is 1. The second-order valence-electron chi connectivity index (χ2n) is 7.97. The molecule has 10 nitrogen and oxygen atoms in total. The third-order valence-electron chi connectivity index (χ3n) is 5.59. The van der Waals surface area contributed by atoms with Gasteiger partial charge in [-0.25, -0.2) is 9.97 Å². The van der Waals surface area contributed by atoms with E-state index in [0.29, 0.717) is 53.5 Å². The molecule has 1 aliphatic carbocycles. The van der Waals surface area contributed by atoms with Crippen LogP contribution in [-0.2, 0) is 4.74 Å². The molecule has 1 amide bonds. The van der Waals surface area contributed by atoms with E-state index in [2.05, 4.69) is 25.6 Å². The first kappa shape index (κ1) is 21.7. The zero-order valence-electron chi connectivity index (χ0n) is 17.5. The number of aliphatic hydroxyl groups is 1. The first-order valence-corrected chi connectivity index (χ1v) is 10.6. The van der Waals surface area contributed by atoms with Crippen molar-refractivity contribution in [1.82, 2.24) is 20.3 Å². The van der Waals surface area contributed by atoms with Gasteiger partial charge in [-0.3, -0.25) is 9.78 Å². The van der Waals surface area contributed by atoms with E-state index in [0.717, 1.165) is 19.3 Å². The van der Waals surface area contributed by atoms with Crippen LogP contribution in [0, 0.1) is 11.3 Å². The lowest BCUT2D eigenvalue weighted by Crippen LogP contribution is -2.42. The van der Waals surface area contributed by atoms with Crippen molar-refractivity contribution >= 4 is 17.2 Å². The molecule has 0 aromatic carbocycles. The van der Waals surface area contributed by atoms with Crippen molar-refractivity contribution in [3.63, 3.8) is 0 Å². The number of aromatic nitrogens is 3. The van der Waals surface area contributed by atoms with Crippen LogP contribution in [0.1, 0.15) is 53.1 Å². The van der Waals surface area contributed by atoms with E-state index < -0.39 is 0 Å². The van der Waals surface area contributed by atoms with Gasteiger partial charge in [0, 0.05) is 30.8 Å². The van der Waals surface area contributed by atoms with Gasteiger partial charge in [-0.1, -0.05) is 0 Å². The van der Waals surface area contributed by atoms with Crippen molar-refractivity contribution < 1.29 is 14.6 Å². The quantitative estimate of drug-likeness (QED) is 0.518. The first-order chi connectivity index (χ1) is 15.6. The highest BCUT2D eigenvalue weighted by atomic mass is 16.5. The van der Waals surface area contributed by atoms with E-state index in [1.807, 2.05) is 6.07 Å². The number of amides is 1. The minimum absolute atomic E-state index is 0.0719. The number of nitrogens with zero attached hydrogens (tertiary/aromatic N) is 4. The number of nitriles is 1. The van der Waals surface area contributed by atoms with Gasteiger partial charge in [0.25, 0.3) is 5.91 Å². The Labute approximate surface area is 185 Å². The van der Waals surface area contributed by atoms with Gasteiger partial charge in [0.15, 0.2) is 5.82 Å². The van der Waals surface area contributed by atoms with Crippen molar-refractivity contribution in [3.8, 4) is 6.07 Å². The number of anilines is 1. The number of rotatable bonds is 6. The number of carbonyl (C=O) groups is 1. The van der Waals surface area contributed by atoms with Crippen molar-refractivity contribution in [3.05, 3.63) is 53.5 Å². The molecular formula is C22H25N7O3. The Morgan fingerprint density at radius 1 is 1.22 bits per heavy atom. The van der Waals surface area contributed by atoms with Crippen LogP contribution in [0.3, 0.4) is 0 Å². The minimum atomic E-state index is -0.385. The molecule has 10 heteroatoms. The Balaban J connectivity index is 1.61. The number of pyridine rings is 1. The van der Waals surface area contributed by atoms with E-state index >= 15 is 0 Å². The lowest BCUT2D eigenvalue weighted by atomic mass is 9.93. The van der Waals surface area contributed by atoms with Crippen LogP contribution in [0.4, 0.5) is 5.69 Å². The molecule has 2 fully saturated rings. The second-order valence-corrected chi connectivity index (χ2v) is 7.97. The number of hydrogen-bond donors (Lipinski definition) is 4. The average Bonchev–Trinajstić information content (AvgIpc) is 2.77. The molecule has 1 saturated carbocycles. The fourth-order valence-corrected chi connectivity index (χ4v) is 3.80. The minimum Gasteiger partial charge on any atom is -0.404 e. The van der Waals surface area contributed by atoms with E-state index in [1.165, 1.54) is 24.8 Å². The zero-order valence-corrected chi connectivity index (χ0v) is 17.5. The maximum absolute atomic E-state index is 13.0. The summed E-state index contributed by atoms with van der Waals surface area (Å²) < 4.78 is 5.25. The number of aliphatic hydroxyl groups excluding tert-OH is 1. The Bertz CT molecular complexity index is 1040. The Morgan fingerprint density at radius 2 is 2.00 bits per heavy atom. The van der Waals surface area contributed by atoms with Gasteiger partial charge in [0.1, 0.15) is 6.07 Å². The van der Waals surface area contributed by atoms with E-state index in [1.54, 1.807) is 6.07 Å². The first-order valence-electron chi connectivity index (χ1n) is 10.6. The maximum atomic E-state index is 13.0. The number of ether oxygens (including phenoxy) is 1. The third-order valence-corrected chi connectivity index (χ3v) is 5.59. The molecule has 4 rings (SSSR count). The molecule has 2 aliphatic rings. The fourth-order valence-electron chi connectivity index (χ4n) is 3.80. The molecule has 5 N–H and O–H groups in total. The molecule has 2 aromatic rings. The summed E-state index contributed by atoms with van der Waals surface area (Å²) in [7, 11) is 0. The largest absolute Gasteiger partial charge is 0.404 e. The molecule has 32 heavy (non-hydrogen) atoms. The number of hydrogen-bond acceptors (Lipinski definition) is 9. The van der Waals surface area contributed by atoms with E-state index in [4.69, 9.17) is 15.7 Å². The predicted molar refractivity (Wildman–Crippen MR) is 116 cm³/mol. The lowest BCUT2D eigenvalue weighted by Gasteiger charge is -2.30. The highest BCUT2D eigenvalue weighted by Gasteiger charge is 2.26. The number of carbonyl (C=O) groups excluding carboxylic acids is 1. The molecule has 1 aliphatic heterocycles. The Kier molecular flexibility index (Phi) is 6.58. The van der Waals surface area contributed by atoms with Gasteiger partial charge >= 0.3 is 0 Å². The number of nitrogens with one attached hydrogen (secondary N) is 2. The molecule has 166 valence electrons. The summed E-state index contributed by atoms with van der Waals surface area (Å²) in [5.74, 6) is 0.0733. The van der Waals surface area contributed by atoms with Crippen molar-refractivity contribution in [2.24, 2.45) is 5.73 Å². The summed E-state index contributed by atoms with van der Waals surface area (Å²) in [4.78, 5) is 25.8. The van der Waals surface area contributed by atoms with Gasteiger partial charge in [0.2, 0.25) is 0 Å². The molecule has 2 aromatic heterocycles. The summed E-state index contributed by atoms with van der Waals surface area (Å²) >= 11 is 0. The monoisotopic (exact) mass is 435 g/mol. The Morgan fingerprint density at radius 3 is 2.62 bits per heavy atom. The fraction of sp³-hybridized carbons (Fsp3) is 0.409. The molecule has 3 heterocycles. The van der Waals surface area contributed by atoms with Crippen LogP contribution in [0.5, 0.6) is 0 Å². The highest BCUT2D eigenvalue weighted by Crippen LogP contribution is 2.26. The van der Waals surface area contributed by atoms with Gasteiger partial charge in [-0.2, -0.15) is 5.26 Å². The molecule has 0 spiro atoms. The standard InChI is InChI=1S/C22H25N7O3/c23-6-13-8-26-21(27-9-13)17(7-24)19-5-20(28-15-11-32-12-15)18(10-25-19)22(31)29-14-2-1-3-16(30)4-14/h5,7-10,14-16,30H,1-4,11-12,24H2,(H,25,28)(H,29,31). The summed E-state index contributed by atoms with van der Waals surface area (Å²) in [5, 5.41) is 25.2. The lowest BCUT2D eigenvalue weighted by molar-refractivity contribution is 0.0210. The van der Waals surface area contributed by atoms with E-state index in [-0.39, 0.29) is 24.1 Å². The smallest absolute Gasteiger partial charge is 0.255 e. The molecule has 2 unspecified atom stereocenters. The van der Waals surface area contributed by atoms with Crippen LogP contribution in [0.15, 0.2) is 30.9 Å². The van der Waals surface area contributed by atoms with Crippen LogP contribution < -0.4 is 16.4 Å². The SMILES string of the molecule is N#Cc1cnc(C(=CN)c2cc(NC3COC3)c(C(=O)NC3CCCC(O)C3)cn2)nc1. The second kappa shape index (κ2) is 9.72. The van der Waals surface area contributed by atoms with Gasteiger partial charge < -0.3 is 26.2 Å². The van der Waals surface area contributed by atoms with Crippen molar-refractivity contribution in [2.45, 2.75) is 43.9 Å². The van der Waals surface area contributed by atoms with Gasteiger partial charge in [0.05, 0.1) is 53.4 Å². The van der Waals surface area contributed by atoms with E-state index in [9.17, 15) is 9.90 Å². The third kappa shape index (κ3) is 4.85. The summed E-state index contributed by atoms with van der Waals surface area (Å²) in [6, 6.07) is 3.73. The molecule has 2 atom stereocenters. The van der Waals surface area contributed by atoms with Crippen LogP contribution in [0.25, 0.3) is 5.57 Å². The van der Waals surface area contributed by atoms with Crippen LogP contribution >= 0.6 is 0 Å². The Hall–Kier alpha value is -3.55. The zero-order chi connectivity index (χ0) is 22.5. The molecule has 0 radical (unpaired) electrons. The normalized spacial score (nSPS) is 21.3. The highest BCUT2D eigenvalue weighted by molar-refractivity contribution is 6.00. The topological polar surface area (TPSA) is 159 Å². The van der Waals surface area contributed by atoms with Gasteiger partial charge in [-0.15, -0.1) is 0 Å².